The summed E-state index contributed by atoms with van der Waals surface area (Å²) in [4.78, 5) is 0. The largest absolute Gasteiger partial charge is 0.419 e. The number of nitrogens with one attached hydrogen (secondary N) is 1. The average molecular weight is 239 g/mol. The van der Waals surface area contributed by atoms with Crippen LogP contribution < -0.4 is 5.32 Å². The van der Waals surface area contributed by atoms with Gasteiger partial charge in [-0.2, -0.15) is 0 Å². The maximum atomic E-state index is 13.4. The van der Waals surface area contributed by atoms with Crippen molar-refractivity contribution in [3.8, 4) is 11.5 Å². The van der Waals surface area contributed by atoms with Gasteiger partial charge in [0.2, 0.25) is 5.89 Å². The molecule has 0 amide bonds. The van der Waals surface area contributed by atoms with Gasteiger partial charge in [0.05, 0.1) is 11.6 Å². The van der Waals surface area contributed by atoms with Gasteiger partial charge in [-0.15, -0.1) is 10.2 Å². The third-order valence-corrected chi connectivity index (χ3v) is 2.40. The Morgan fingerprint density at radius 1 is 1.29 bits per heavy atom. The molecule has 2 aromatic rings. The fourth-order valence-electron chi connectivity index (χ4n) is 1.30. The number of halogens is 2. The van der Waals surface area contributed by atoms with Gasteiger partial charge in [-0.1, -0.05) is 0 Å². The standard InChI is InChI=1S/C11H11F2N3O/c1-6(14-2)10-15-16-11(17-10)8-5-7(12)3-4-9(8)13/h3-6,14H,1-2H3. The average Bonchev–Trinajstić information content (AvgIpc) is 2.80. The molecular formula is C11H11F2N3O. The lowest BCUT2D eigenvalue weighted by Crippen LogP contribution is -2.12. The minimum Gasteiger partial charge on any atom is -0.419 e. The van der Waals surface area contributed by atoms with Crippen molar-refractivity contribution in [3.05, 3.63) is 35.7 Å². The number of benzene rings is 1. The van der Waals surface area contributed by atoms with Crippen molar-refractivity contribution >= 4 is 0 Å². The molecule has 1 unspecified atom stereocenters. The highest BCUT2D eigenvalue weighted by Gasteiger charge is 2.16. The Bertz CT molecular complexity index is 527. The molecule has 0 aliphatic heterocycles. The Morgan fingerprint density at radius 2 is 2.06 bits per heavy atom. The predicted octanol–water partition coefficient (Wildman–Crippen LogP) is 2.30. The zero-order valence-corrected chi connectivity index (χ0v) is 9.37. The van der Waals surface area contributed by atoms with Crippen LogP contribution in [0.25, 0.3) is 11.5 Å². The Hall–Kier alpha value is -1.82. The van der Waals surface area contributed by atoms with E-state index in [1.807, 2.05) is 6.92 Å². The van der Waals surface area contributed by atoms with Crippen LogP contribution in [-0.4, -0.2) is 17.2 Å². The normalized spacial score (nSPS) is 12.7. The van der Waals surface area contributed by atoms with Gasteiger partial charge in [0, 0.05) is 0 Å². The molecule has 0 radical (unpaired) electrons. The summed E-state index contributed by atoms with van der Waals surface area (Å²) >= 11 is 0. The van der Waals surface area contributed by atoms with Gasteiger partial charge in [0.25, 0.3) is 5.89 Å². The number of rotatable bonds is 3. The Balaban J connectivity index is 2.40. The summed E-state index contributed by atoms with van der Waals surface area (Å²) in [6.07, 6.45) is 0. The molecular weight excluding hydrogens is 228 g/mol. The van der Waals surface area contributed by atoms with E-state index in [2.05, 4.69) is 15.5 Å². The molecule has 6 heteroatoms. The molecule has 17 heavy (non-hydrogen) atoms. The first-order chi connectivity index (χ1) is 8.11. The summed E-state index contributed by atoms with van der Waals surface area (Å²) in [5, 5.41) is 10.4. The first-order valence-electron chi connectivity index (χ1n) is 5.08. The van der Waals surface area contributed by atoms with Crippen LogP contribution in [0.1, 0.15) is 18.9 Å². The lowest BCUT2D eigenvalue weighted by atomic mass is 10.2. The third kappa shape index (κ3) is 2.31. The fraction of sp³-hybridized carbons (Fsp3) is 0.273. The Kier molecular flexibility index (Phi) is 3.14. The topological polar surface area (TPSA) is 51.0 Å². The number of nitrogens with zero attached hydrogens (tertiary/aromatic N) is 2. The van der Waals surface area contributed by atoms with Crippen LogP contribution in [0.2, 0.25) is 0 Å². The summed E-state index contributed by atoms with van der Waals surface area (Å²) in [6, 6.07) is 2.94. The summed E-state index contributed by atoms with van der Waals surface area (Å²) in [5.74, 6) is -0.855. The summed E-state index contributed by atoms with van der Waals surface area (Å²) < 4.78 is 31.7. The summed E-state index contributed by atoms with van der Waals surface area (Å²) in [6.45, 7) is 1.82. The minimum atomic E-state index is -0.598. The van der Waals surface area contributed by atoms with Crippen LogP contribution in [0.5, 0.6) is 0 Å². The molecule has 0 spiro atoms. The van der Waals surface area contributed by atoms with E-state index in [0.717, 1.165) is 18.2 Å². The molecule has 0 aliphatic carbocycles. The van der Waals surface area contributed by atoms with Crippen molar-refractivity contribution in [3.63, 3.8) is 0 Å². The first kappa shape index (κ1) is 11.7. The van der Waals surface area contributed by atoms with Crippen molar-refractivity contribution in [1.82, 2.24) is 15.5 Å². The zero-order chi connectivity index (χ0) is 12.4. The van der Waals surface area contributed by atoms with E-state index in [1.54, 1.807) is 7.05 Å². The molecule has 0 fully saturated rings. The van der Waals surface area contributed by atoms with E-state index in [4.69, 9.17) is 4.42 Å². The zero-order valence-electron chi connectivity index (χ0n) is 9.37. The van der Waals surface area contributed by atoms with Crippen LogP contribution in [-0.2, 0) is 0 Å². The van der Waals surface area contributed by atoms with Gasteiger partial charge in [-0.25, -0.2) is 8.78 Å². The van der Waals surface area contributed by atoms with Crippen LogP contribution in [0.4, 0.5) is 8.78 Å². The minimum absolute atomic E-state index is 0.0286. The van der Waals surface area contributed by atoms with Gasteiger partial charge in [-0.3, -0.25) is 0 Å². The lowest BCUT2D eigenvalue weighted by Gasteiger charge is -2.02. The van der Waals surface area contributed by atoms with E-state index < -0.39 is 11.6 Å². The SMILES string of the molecule is CNC(C)c1nnc(-c2cc(F)ccc2F)o1. The second kappa shape index (κ2) is 4.58. The predicted molar refractivity (Wildman–Crippen MR) is 57.1 cm³/mol. The van der Waals surface area contributed by atoms with Gasteiger partial charge >= 0.3 is 0 Å². The highest BCUT2D eigenvalue weighted by Crippen LogP contribution is 2.23. The molecule has 90 valence electrons. The maximum absolute atomic E-state index is 13.4. The lowest BCUT2D eigenvalue weighted by molar-refractivity contribution is 0.439. The second-order valence-electron chi connectivity index (χ2n) is 3.58. The van der Waals surface area contributed by atoms with Crippen LogP contribution in [0, 0.1) is 11.6 Å². The van der Waals surface area contributed by atoms with Gasteiger partial charge < -0.3 is 9.73 Å². The molecule has 1 aromatic carbocycles. The molecule has 2 rings (SSSR count). The van der Waals surface area contributed by atoms with Gasteiger partial charge in [0.1, 0.15) is 11.6 Å². The first-order valence-corrected chi connectivity index (χ1v) is 5.08. The van der Waals surface area contributed by atoms with E-state index in [9.17, 15) is 8.78 Å². The van der Waals surface area contributed by atoms with Crippen LogP contribution >= 0.6 is 0 Å². The van der Waals surface area contributed by atoms with Crippen molar-refractivity contribution in [2.45, 2.75) is 13.0 Å². The van der Waals surface area contributed by atoms with Gasteiger partial charge in [0.15, 0.2) is 0 Å². The maximum Gasteiger partial charge on any atom is 0.250 e. The number of hydrogen-bond acceptors (Lipinski definition) is 4. The number of aromatic nitrogens is 2. The van der Waals surface area contributed by atoms with E-state index in [1.165, 1.54) is 0 Å². The Labute approximate surface area is 96.7 Å². The molecule has 0 bridgehead atoms. The highest BCUT2D eigenvalue weighted by atomic mass is 19.1. The molecule has 4 nitrogen and oxygen atoms in total. The summed E-state index contributed by atoms with van der Waals surface area (Å²) in [7, 11) is 1.73. The third-order valence-electron chi connectivity index (χ3n) is 2.40. The monoisotopic (exact) mass is 239 g/mol. The van der Waals surface area contributed by atoms with Crippen molar-refractivity contribution in [2.75, 3.05) is 7.05 Å². The molecule has 1 heterocycles. The highest BCUT2D eigenvalue weighted by molar-refractivity contribution is 5.53. The second-order valence-corrected chi connectivity index (χ2v) is 3.58. The molecule has 0 aliphatic rings. The quantitative estimate of drug-likeness (QED) is 0.892. The van der Waals surface area contributed by atoms with E-state index in [-0.39, 0.29) is 17.5 Å². The Morgan fingerprint density at radius 3 is 2.76 bits per heavy atom. The number of hydrogen-bond donors (Lipinski definition) is 1. The van der Waals surface area contributed by atoms with Crippen molar-refractivity contribution in [2.24, 2.45) is 0 Å². The molecule has 1 N–H and O–H groups in total. The fourth-order valence-corrected chi connectivity index (χ4v) is 1.30. The molecule has 1 atom stereocenters. The smallest absolute Gasteiger partial charge is 0.250 e. The van der Waals surface area contributed by atoms with Crippen LogP contribution in [0.3, 0.4) is 0 Å². The molecule has 0 saturated carbocycles. The van der Waals surface area contributed by atoms with Gasteiger partial charge in [-0.05, 0) is 32.2 Å². The van der Waals surface area contributed by atoms with E-state index in [0.29, 0.717) is 5.89 Å². The molecule has 0 saturated heterocycles. The van der Waals surface area contributed by atoms with Crippen molar-refractivity contribution < 1.29 is 13.2 Å². The summed E-state index contributed by atoms with van der Waals surface area (Å²) in [5.41, 5.74) is -0.0351. The molecule has 1 aromatic heterocycles. The van der Waals surface area contributed by atoms with Crippen LogP contribution in [0.15, 0.2) is 22.6 Å². The van der Waals surface area contributed by atoms with Crippen molar-refractivity contribution in [1.29, 1.82) is 0 Å². The van der Waals surface area contributed by atoms with E-state index >= 15 is 0 Å².